The van der Waals surface area contributed by atoms with Crippen LogP contribution in [0.2, 0.25) is 0 Å². The summed E-state index contributed by atoms with van der Waals surface area (Å²) in [5.74, 6) is 0.675. The minimum Gasteiger partial charge on any atom is -0.435 e. The Morgan fingerprint density at radius 3 is 2.33 bits per heavy atom. The topological polar surface area (TPSA) is 67.9 Å². The van der Waals surface area contributed by atoms with Crippen molar-refractivity contribution in [3.05, 3.63) is 24.3 Å². The standard InChI is InChI=1S/C18H24F2N2O4S/c19-18(20)26-16-1-3-17(4-2-16)27(23,24)22-9-12-7-15(8-13(12)10-22)21-14-5-6-25-11-14/h1-4,12-15,18,21H,5-11H2/t12-,13+,14?,15?. The Bertz CT molecular complexity index is 739. The van der Waals surface area contributed by atoms with Crippen LogP contribution in [0.4, 0.5) is 8.78 Å². The monoisotopic (exact) mass is 402 g/mol. The number of fused-ring (bicyclic) bond motifs is 1. The lowest BCUT2D eigenvalue weighted by Crippen LogP contribution is -2.38. The van der Waals surface area contributed by atoms with Gasteiger partial charge in [-0.05, 0) is 55.4 Å². The van der Waals surface area contributed by atoms with Gasteiger partial charge >= 0.3 is 6.61 Å². The van der Waals surface area contributed by atoms with Crippen molar-refractivity contribution in [1.82, 2.24) is 9.62 Å². The van der Waals surface area contributed by atoms with Crippen molar-refractivity contribution in [2.75, 3.05) is 26.3 Å². The second-order valence-corrected chi connectivity index (χ2v) is 9.53. The van der Waals surface area contributed by atoms with Crippen molar-refractivity contribution in [2.45, 2.75) is 42.9 Å². The molecule has 0 radical (unpaired) electrons. The highest BCUT2D eigenvalue weighted by molar-refractivity contribution is 7.89. The van der Waals surface area contributed by atoms with Crippen LogP contribution in [-0.4, -0.2) is 57.7 Å². The van der Waals surface area contributed by atoms with Crippen molar-refractivity contribution in [1.29, 1.82) is 0 Å². The van der Waals surface area contributed by atoms with Crippen LogP contribution in [0.3, 0.4) is 0 Å². The first-order valence-electron chi connectivity index (χ1n) is 9.30. The minimum atomic E-state index is -3.62. The molecule has 3 aliphatic rings. The normalized spacial score (nSPS) is 31.5. The number of benzene rings is 1. The third-order valence-corrected chi connectivity index (χ3v) is 7.65. The molecule has 2 heterocycles. The van der Waals surface area contributed by atoms with Gasteiger partial charge < -0.3 is 14.8 Å². The predicted molar refractivity (Wildman–Crippen MR) is 94.2 cm³/mol. The molecule has 1 aromatic carbocycles. The van der Waals surface area contributed by atoms with E-state index in [1.54, 1.807) is 0 Å². The van der Waals surface area contributed by atoms with E-state index in [1.807, 2.05) is 0 Å². The second-order valence-electron chi connectivity index (χ2n) is 7.59. The number of rotatable bonds is 6. The van der Waals surface area contributed by atoms with Crippen LogP contribution in [0, 0.1) is 11.8 Å². The first kappa shape index (κ1) is 19.0. The molecule has 0 spiro atoms. The molecular weight excluding hydrogens is 378 g/mol. The number of halogens is 2. The molecule has 2 saturated heterocycles. The number of hydrogen-bond donors (Lipinski definition) is 1. The number of hydrogen-bond acceptors (Lipinski definition) is 5. The SMILES string of the molecule is O=S(=O)(c1ccc(OC(F)F)cc1)N1C[C@H]2CC(NC3CCOC3)C[C@H]2C1. The van der Waals surface area contributed by atoms with Gasteiger partial charge in [-0.1, -0.05) is 0 Å². The lowest BCUT2D eigenvalue weighted by atomic mass is 10.0. The summed E-state index contributed by atoms with van der Waals surface area (Å²) in [6, 6.07) is 6.03. The van der Waals surface area contributed by atoms with Crippen molar-refractivity contribution in [2.24, 2.45) is 11.8 Å². The lowest BCUT2D eigenvalue weighted by Gasteiger charge is -2.21. The molecule has 3 fully saturated rings. The predicted octanol–water partition coefficient (Wildman–Crippen LogP) is 2.07. The fraction of sp³-hybridized carbons (Fsp3) is 0.667. The molecule has 9 heteroatoms. The maximum Gasteiger partial charge on any atom is 0.387 e. The van der Waals surface area contributed by atoms with Gasteiger partial charge in [0.05, 0.1) is 11.5 Å². The summed E-state index contributed by atoms with van der Waals surface area (Å²) in [5, 5.41) is 3.65. The van der Waals surface area contributed by atoms with Gasteiger partial charge in [0.1, 0.15) is 5.75 Å². The summed E-state index contributed by atoms with van der Waals surface area (Å²) in [7, 11) is -3.62. The Labute approximate surface area is 157 Å². The molecule has 1 aromatic rings. The summed E-state index contributed by atoms with van der Waals surface area (Å²) < 4.78 is 61.4. The van der Waals surface area contributed by atoms with Crippen LogP contribution in [-0.2, 0) is 14.8 Å². The van der Waals surface area contributed by atoms with Gasteiger partial charge in [0.15, 0.2) is 0 Å². The van der Waals surface area contributed by atoms with E-state index < -0.39 is 16.6 Å². The summed E-state index contributed by atoms with van der Waals surface area (Å²) in [4.78, 5) is 0.113. The maximum absolute atomic E-state index is 12.9. The summed E-state index contributed by atoms with van der Waals surface area (Å²) >= 11 is 0. The van der Waals surface area contributed by atoms with Gasteiger partial charge in [0.2, 0.25) is 10.0 Å². The van der Waals surface area contributed by atoms with Crippen LogP contribution in [0.15, 0.2) is 29.2 Å². The zero-order valence-corrected chi connectivity index (χ0v) is 15.7. The molecule has 6 nitrogen and oxygen atoms in total. The zero-order valence-electron chi connectivity index (χ0n) is 14.9. The zero-order chi connectivity index (χ0) is 19.0. The molecule has 0 amide bonds. The molecule has 4 atom stereocenters. The number of ether oxygens (including phenoxy) is 2. The van der Waals surface area contributed by atoms with E-state index in [9.17, 15) is 17.2 Å². The van der Waals surface area contributed by atoms with Crippen LogP contribution >= 0.6 is 0 Å². The number of alkyl halides is 2. The smallest absolute Gasteiger partial charge is 0.387 e. The quantitative estimate of drug-likeness (QED) is 0.789. The summed E-state index contributed by atoms with van der Waals surface area (Å²) in [6.07, 6.45) is 3.00. The highest BCUT2D eigenvalue weighted by atomic mass is 32.2. The molecule has 2 aliphatic heterocycles. The molecular formula is C18H24F2N2O4S. The average molecular weight is 402 g/mol. The molecule has 2 unspecified atom stereocenters. The molecule has 0 bridgehead atoms. The maximum atomic E-state index is 12.9. The molecule has 0 aromatic heterocycles. The second kappa shape index (κ2) is 7.62. The number of nitrogens with one attached hydrogen (secondary N) is 1. The third-order valence-electron chi connectivity index (χ3n) is 5.81. The molecule has 1 saturated carbocycles. The Kier molecular flexibility index (Phi) is 5.37. The van der Waals surface area contributed by atoms with E-state index in [1.165, 1.54) is 28.6 Å². The fourth-order valence-corrected chi connectivity index (χ4v) is 6.08. The van der Waals surface area contributed by atoms with Gasteiger partial charge in [0, 0.05) is 31.8 Å². The van der Waals surface area contributed by atoms with E-state index in [0.29, 0.717) is 37.0 Å². The first-order chi connectivity index (χ1) is 12.9. The molecule has 27 heavy (non-hydrogen) atoms. The van der Waals surface area contributed by atoms with Crippen molar-refractivity contribution in [3.8, 4) is 5.75 Å². The highest BCUT2D eigenvalue weighted by Crippen LogP contribution is 2.40. The largest absolute Gasteiger partial charge is 0.435 e. The van der Waals surface area contributed by atoms with Crippen molar-refractivity contribution >= 4 is 10.0 Å². The number of sulfonamides is 1. The molecule has 1 aliphatic carbocycles. The van der Waals surface area contributed by atoms with E-state index in [4.69, 9.17) is 4.74 Å². The van der Waals surface area contributed by atoms with Crippen LogP contribution < -0.4 is 10.1 Å². The van der Waals surface area contributed by atoms with Gasteiger partial charge in [0.25, 0.3) is 0 Å². The minimum absolute atomic E-state index is 0.0490. The van der Waals surface area contributed by atoms with E-state index in [0.717, 1.165) is 32.5 Å². The third kappa shape index (κ3) is 4.11. The summed E-state index contributed by atoms with van der Waals surface area (Å²) in [6.45, 7) is -0.326. The number of nitrogens with zero attached hydrogens (tertiary/aromatic N) is 1. The van der Waals surface area contributed by atoms with E-state index in [-0.39, 0.29) is 10.6 Å². The van der Waals surface area contributed by atoms with Crippen molar-refractivity contribution < 1.29 is 26.7 Å². The van der Waals surface area contributed by atoms with Gasteiger partial charge in [-0.2, -0.15) is 13.1 Å². The van der Waals surface area contributed by atoms with E-state index in [2.05, 4.69) is 10.1 Å². The highest BCUT2D eigenvalue weighted by Gasteiger charge is 2.45. The van der Waals surface area contributed by atoms with E-state index >= 15 is 0 Å². The van der Waals surface area contributed by atoms with Gasteiger partial charge in [-0.25, -0.2) is 8.42 Å². The van der Waals surface area contributed by atoms with Gasteiger partial charge in [-0.15, -0.1) is 0 Å². The van der Waals surface area contributed by atoms with Crippen molar-refractivity contribution in [3.63, 3.8) is 0 Å². The fourth-order valence-electron chi connectivity index (χ4n) is 4.53. The Morgan fingerprint density at radius 2 is 1.78 bits per heavy atom. The van der Waals surface area contributed by atoms with Gasteiger partial charge in [-0.3, -0.25) is 0 Å². The lowest BCUT2D eigenvalue weighted by molar-refractivity contribution is -0.0498. The summed E-state index contributed by atoms with van der Waals surface area (Å²) in [5.41, 5.74) is 0. The molecule has 1 N–H and O–H groups in total. The Morgan fingerprint density at radius 1 is 1.11 bits per heavy atom. The Hall–Kier alpha value is -1.29. The average Bonchev–Trinajstić information content (AvgIpc) is 3.31. The van der Waals surface area contributed by atoms with Crippen LogP contribution in [0.5, 0.6) is 5.75 Å². The Balaban J connectivity index is 1.36. The molecule has 150 valence electrons. The molecule has 4 rings (SSSR count). The van der Waals surface area contributed by atoms with Crippen LogP contribution in [0.1, 0.15) is 19.3 Å². The first-order valence-corrected chi connectivity index (χ1v) is 10.7. The van der Waals surface area contributed by atoms with Crippen LogP contribution in [0.25, 0.3) is 0 Å².